The first kappa shape index (κ1) is 22.4. The van der Waals surface area contributed by atoms with Crippen LogP contribution in [0, 0.1) is 0 Å². The molecule has 15 heteroatoms. The third kappa shape index (κ3) is 6.48. The molecule has 1 aromatic rings. The van der Waals surface area contributed by atoms with Crippen molar-refractivity contribution in [3.63, 3.8) is 0 Å². The molecule has 0 amide bonds. The molecule has 0 radical (unpaired) electrons. The summed E-state index contributed by atoms with van der Waals surface area (Å²) in [5.41, 5.74) is -12.4. The van der Waals surface area contributed by atoms with E-state index in [2.05, 4.69) is 0 Å². The van der Waals surface area contributed by atoms with E-state index in [1.165, 1.54) is 0 Å². The highest BCUT2D eigenvalue weighted by molar-refractivity contribution is 8.13. The Kier molecular flexibility index (Phi) is 7.01. The summed E-state index contributed by atoms with van der Waals surface area (Å²) < 4.78 is 113. The van der Waals surface area contributed by atoms with Gasteiger partial charge in [-0.05, 0) is 13.0 Å². The van der Waals surface area contributed by atoms with E-state index in [1.54, 1.807) is 0 Å². The SMILES string of the molecule is CC=Cn1cc[n+](C)c1.O=S(=O)([N-]S(=O)(=O)C(F)(F)F)C(F)(F)F. The van der Waals surface area contributed by atoms with Gasteiger partial charge in [0, 0.05) is 0 Å². The van der Waals surface area contributed by atoms with Gasteiger partial charge < -0.3 is 4.13 Å². The lowest BCUT2D eigenvalue weighted by atomic mass is 10.7. The smallest absolute Gasteiger partial charge is 0.421 e. The Hall–Kier alpha value is -1.61. The fourth-order valence-electron chi connectivity index (χ4n) is 0.943. The highest BCUT2D eigenvalue weighted by atomic mass is 32.3. The van der Waals surface area contributed by atoms with Gasteiger partial charge >= 0.3 is 11.0 Å². The molecule has 0 fully saturated rings. The molecular formula is C9H11F6N3O4S2. The molecule has 0 spiro atoms. The topological polar surface area (TPSA) is 91.2 Å². The molecule has 0 unspecified atom stereocenters. The van der Waals surface area contributed by atoms with Crippen LogP contribution in [0.2, 0.25) is 0 Å². The Balaban J connectivity index is 0.000000496. The summed E-state index contributed by atoms with van der Waals surface area (Å²) in [6, 6.07) is 0. The first-order chi connectivity index (χ1) is 10.5. The molecule has 140 valence electrons. The van der Waals surface area contributed by atoms with Crippen LogP contribution in [-0.2, 0) is 27.1 Å². The van der Waals surface area contributed by atoms with Crippen molar-refractivity contribution < 1.29 is 47.7 Å². The minimum atomic E-state index is -6.72. The second-order valence-corrected chi connectivity index (χ2v) is 7.35. The average molecular weight is 403 g/mol. The maximum atomic E-state index is 11.4. The zero-order chi connectivity index (χ0) is 19.4. The average Bonchev–Trinajstić information content (AvgIpc) is 2.72. The molecular weight excluding hydrogens is 392 g/mol. The molecule has 0 atom stereocenters. The largest absolute Gasteiger partial charge is 0.480 e. The van der Waals surface area contributed by atoms with E-state index in [0.717, 1.165) is 4.13 Å². The summed E-state index contributed by atoms with van der Waals surface area (Å²) in [7, 11) is -11.4. The number of alkyl halides is 6. The predicted molar refractivity (Wildman–Crippen MR) is 69.9 cm³/mol. The molecule has 1 rings (SSSR count). The third-order valence-corrected chi connectivity index (χ3v) is 4.63. The molecule has 0 saturated heterocycles. The maximum Gasteiger partial charge on any atom is 0.480 e. The Bertz CT molecular complexity index is 735. The predicted octanol–water partition coefficient (Wildman–Crippen LogP) is 1.86. The van der Waals surface area contributed by atoms with Crippen LogP contribution >= 0.6 is 0 Å². The Morgan fingerprint density at radius 2 is 1.42 bits per heavy atom. The van der Waals surface area contributed by atoms with Gasteiger partial charge in [-0.1, -0.05) is 0 Å². The zero-order valence-corrected chi connectivity index (χ0v) is 13.6. The van der Waals surface area contributed by atoms with Gasteiger partial charge in [0.2, 0.25) is 6.33 Å². The van der Waals surface area contributed by atoms with Crippen molar-refractivity contribution >= 4 is 26.2 Å². The van der Waals surface area contributed by atoms with Crippen LogP contribution in [-0.4, -0.2) is 32.4 Å². The van der Waals surface area contributed by atoms with Crippen LogP contribution in [0.3, 0.4) is 0 Å². The molecule has 0 N–H and O–H groups in total. The normalized spacial score (nSPS) is 13.7. The van der Waals surface area contributed by atoms with Crippen LogP contribution < -0.4 is 4.57 Å². The van der Waals surface area contributed by atoms with Gasteiger partial charge in [-0.2, -0.15) is 26.3 Å². The first-order valence-corrected chi connectivity index (χ1v) is 8.44. The Morgan fingerprint density at radius 1 is 1.00 bits per heavy atom. The van der Waals surface area contributed by atoms with Crippen molar-refractivity contribution in [3.8, 4) is 0 Å². The van der Waals surface area contributed by atoms with Crippen molar-refractivity contribution in [2.45, 2.75) is 17.9 Å². The van der Waals surface area contributed by atoms with E-state index < -0.39 is 31.1 Å². The molecule has 0 bridgehead atoms. The van der Waals surface area contributed by atoms with E-state index in [9.17, 15) is 43.2 Å². The number of aryl methyl sites for hydroxylation is 1. The minimum Gasteiger partial charge on any atom is -0.421 e. The fourth-order valence-corrected chi connectivity index (χ4v) is 2.65. The number of aromatic nitrogens is 2. The molecule has 1 heterocycles. The summed E-state index contributed by atoms with van der Waals surface area (Å²) >= 11 is 0. The number of hydrogen-bond donors (Lipinski definition) is 0. The molecule has 0 aliphatic rings. The lowest BCUT2D eigenvalue weighted by molar-refractivity contribution is -0.670. The van der Waals surface area contributed by atoms with E-state index in [1.807, 2.05) is 54.1 Å². The lowest BCUT2D eigenvalue weighted by Crippen LogP contribution is -2.30. The number of hydrogen-bond acceptors (Lipinski definition) is 4. The van der Waals surface area contributed by atoms with E-state index >= 15 is 0 Å². The van der Waals surface area contributed by atoms with Crippen LogP contribution in [0.4, 0.5) is 26.3 Å². The number of rotatable bonds is 3. The Morgan fingerprint density at radius 3 is 1.67 bits per heavy atom. The number of allylic oxidation sites excluding steroid dienone is 1. The highest BCUT2D eigenvalue weighted by Crippen LogP contribution is 2.36. The second kappa shape index (κ2) is 7.52. The van der Waals surface area contributed by atoms with Crippen molar-refractivity contribution in [3.05, 3.63) is 28.9 Å². The van der Waals surface area contributed by atoms with Gasteiger partial charge in [-0.25, -0.2) is 26.0 Å². The van der Waals surface area contributed by atoms with Crippen molar-refractivity contribution in [1.29, 1.82) is 0 Å². The van der Waals surface area contributed by atoms with Gasteiger partial charge in [-0.3, -0.25) is 0 Å². The Labute approximate surface area is 133 Å². The molecule has 0 aromatic carbocycles. The van der Waals surface area contributed by atoms with Crippen LogP contribution in [0.5, 0.6) is 0 Å². The number of nitrogens with zero attached hydrogens (tertiary/aromatic N) is 3. The fraction of sp³-hybridized carbons (Fsp3) is 0.444. The van der Waals surface area contributed by atoms with Crippen molar-refractivity contribution in [2.75, 3.05) is 0 Å². The molecule has 1 aromatic heterocycles. The second-order valence-electron chi connectivity index (χ2n) is 3.92. The lowest BCUT2D eigenvalue weighted by Gasteiger charge is -2.22. The summed E-state index contributed by atoms with van der Waals surface area (Å²) in [6.45, 7) is 2.00. The van der Waals surface area contributed by atoms with Crippen molar-refractivity contribution in [2.24, 2.45) is 7.05 Å². The van der Waals surface area contributed by atoms with Crippen molar-refractivity contribution in [1.82, 2.24) is 4.57 Å². The summed E-state index contributed by atoms with van der Waals surface area (Å²) in [5.74, 6) is 0. The molecule has 0 saturated carbocycles. The molecule has 24 heavy (non-hydrogen) atoms. The minimum absolute atomic E-state index is 0.778. The molecule has 0 aliphatic heterocycles. The zero-order valence-electron chi connectivity index (χ0n) is 11.9. The third-order valence-electron chi connectivity index (χ3n) is 1.89. The van der Waals surface area contributed by atoms with Crippen LogP contribution in [0.15, 0.2) is 24.8 Å². The van der Waals surface area contributed by atoms with E-state index in [4.69, 9.17) is 0 Å². The van der Waals surface area contributed by atoms with Gasteiger partial charge in [0.1, 0.15) is 12.4 Å². The summed E-state index contributed by atoms with van der Waals surface area (Å²) in [4.78, 5) is 0. The van der Waals surface area contributed by atoms with Gasteiger partial charge in [-0.15, -0.1) is 0 Å². The van der Waals surface area contributed by atoms with Crippen LogP contribution in [0.1, 0.15) is 6.92 Å². The number of halogens is 6. The summed E-state index contributed by atoms with van der Waals surface area (Å²) in [5, 5.41) is 0. The van der Waals surface area contributed by atoms with Gasteiger partial charge in [0.05, 0.1) is 13.2 Å². The number of sulfonamides is 2. The van der Waals surface area contributed by atoms with E-state index in [-0.39, 0.29) is 0 Å². The molecule has 0 aliphatic carbocycles. The maximum absolute atomic E-state index is 11.4. The van der Waals surface area contributed by atoms with E-state index in [0.29, 0.717) is 0 Å². The molecule has 7 nitrogen and oxygen atoms in total. The quantitative estimate of drug-likeness (QED) is 0.569. The van der Waals surface area contributed by atoms with Gasteiger partial charge in [0.25, 0.3) is 0 Å². The monoisotopic (exact) mass is 403 g/mol. The standard InChI is InChI=1S/C7H11N2.C2F6NO4S2/c1-3-4-9-6-5-8(2)7-9;3-1(4,5)14(10,11)9-15(12,13)2(6,7)8/h3-7H,1-2H3;/q+1;-1. The van der Waals surface area contributed by atoms with Gasteiger partial charge in [0.15, 0.2) is 20.0 Å². The van der Waals surface area contributed by atoms with Crippen LogP contribution in [0.25, 0.3) is 10.3 Å². The number of imidazole rings is 1. The summed E-state index contributed by atoms with van der Waals surface area (Å²) in [6.07, 6.45) is 10.0. The first-order valence-electron chi connectivity index (χ1n) is 5.56. The highest BCUT2D eigenvalue weighted by Gasteiger charge is 2.46.